The third kappa shape index (κ3) is 4.84. The molecule has 0 saturated carbocycles. The van der Waals surface area contributed by atoms with Crippen LogP contribution in [0, 0.1) is 0 Å². The molecule has 8 nitrogen and oxygen atoms in total. The number of thiophene rings is 1. The Hall–Kier alpha value is -4.08. The minimum absolute atomic E-state index is 0.232. The number of benzene rings is 1. The van der Waals surface area contributed by atoms with Crippen molar-refractivity contribution in [1.29, 1.82) is 0 Å². The fourth-order valence-electron chi connectivity index (χ4n) is 3.79. The maximum atomic E-state index is 13.5. The smallest absolute Gasteiger partial charge is 0.283 e. The normalized spacial score (nSPS) is 10.9. The van der Waals surface area contributed by atoms with Crippen molar-refractivity contribution in [3.63, 3.8) is 0 Å². The van der Waals surface area contributed by atoms with Crippen molar-refractivity contribution in [1.82, 2.24) is 14.3 Å². The summed E-state index contributed by atoms with van der Waals surface area (Å²) in [5, 5.41) is 7.80. The fourth-order valence-corrected chi connectivity index (χ4v) is 4.82. The predicted molar refractivity (Wildman–Crippen MR) is 139 cm³/mol. The minimum Gasteiger partial charge on any atom is -0.496 e. The van der Waals surface area contributed by atoms with E-state index in [0.29, 0.717) is 45.8 Å². The van der Waals surface area contributed by atoms with Gasteiger partial charge in [0.1, 0.15) is 17.3 Å². The van der Waals surface area contributed by atoms with E-state index in [-0.39, 0.29) is 11.5 Å². The third-order valence-corrected chi connectivity index (χ3v) is 6.77. The second kappa shape index (κ2) is 10.3. The quantitative estimate of drug-likeness (QED) is 0.295. The molecule has 0 radical (unpaired) electrons. The molecular formula is C26H21ClN4O4S. The van der Waals surface area contributed by atoms with Crippen LogP contribution >= 0.6 is 22.9 Å². The molecule has 0 unspecified atom stereocenters. The second-order valence-electron chi connectivity index (χ2n) is 7.88. The van der Waals surface area contributed by atoms with Crippen LogP contribution in [0.25, 0.3) is 11.3 Å². The molecule has 0 amide bonds. The molecule has 0 aliphatic heterocycles. The SMILES string of the molecule is COc1ccccc1C(=O)n1nc(-c2cccn(Cc3ccoc3)c2=O)cc1NCc1ccc(Cl)s1. The molecule has 0 aliphatic carbocycles. The van der Waals surface area contributed by atoms with Gasteiger partial charge in [-0.15, -0.1) is 11.3 Å². The Morgan fingerprint density at radius 2 is 2.03 bits per heavy atom. The lowest BCUT2D eigenvalue weighted by Gasteiger charge is -2.10. The molecular weight excluding hydrogens is 500 g/mol. The number of halogens is 1. The van der Waals surface area contributed by atoms with Gasteiger partial charge in [0.05, 0.1) is 48.2 Å². The summed E-state index contributed by atoms with van der Waals surface area (Å²) in [5.74, 6) is 0.479. The van der Waals surface area contributed by atoms with Crippen molar-refractivity contribution in [3.8, 4) is 17.0 Å². The van der Waals surface area contributed by atoms with Crippen LogP contribution < -0.4 is 15.6 Å². The zero-order valence-corrected chi connectivity index (χ0v) is 20.8. The van der Waals surface area contributed by atoms with Crippen LogP contribution in [0.5, 0.6) is 5.75 Å². The summed E-state index contributed by atoms with van der Waals surface area (Å²) in [6.45, 7) is 0.787. The minimum atomic E-state index is -0.389. The van der Waals surface area contributed by atoms with Crippen LogP contribution in [-0.4, -0.2) is 27.4 Å². The molecule has 1 N–H and O–H groups in total. The number of rotatable bonds is 8. The summed E-state index contributed by atoms with van der Waals surface area (Å²) in [6.07, 6.45) is 4.86. The molecule has 10 heteroatoms. The van der Waals surface area contributed by atoms with Crippen molar-refractivity contribution in [2.75, 3.05) is 12.4 Å². The first-order chi connectivity index (χ1) is 17.5. The van der Waals surface area contributed by atoms with Gasteiger partial charge < -0.3 is 19.0 Å². The molecule has 0 spiro atoms. The van der Waals surface area contributed by atoms with Gasteiger partial charge >= 0.3 is 0 Å². The predicted octanol–water partition coefficient (Wildman–Crippen LogP) is 5.38. The Balaban J connectivity index is 1.54. The molecule has 0 saturated heterocycles. The number of anilines is 1. The van der Waals surface area contributed by atoms with E-state index in [9.17, 15) is 9.59 Å². The lowest BCUT2D eigenvalue weighted by molar-refractivity contribution is 0.0945. The number of hydrogen-bond acceptors (Lipinski definition) is 7. The molecule has 4 heterocycles. The zero-order chi connectivity index (χ0) is 25.1. The lowest BCUT2D eigenvalue weighted by Crippen LogP contribution is -2.21. The van der Waals surface area contributed by atoms with Gasteiger partial charge in [-0.2, -0.15) is 9.78 Å². The Bertz CT molecular complexity index is 1570. The molecule has 1 aromatic carbocycles. The highest BCUT2D eigenvalue weighted by molar-refractivity contribution is 7.16. The van der Waals surface area contributed by atoms with Crippen LogP contribution in [0.1, 0.15) is 20.8 Å². The monoisotopic (exact) mass is 520 g/mol. The van der Waals surface area contributed by atoms with Crippen LogP contribution in [0.3, 0.4) is 0 Å². The van der Waals surface area contributed by atoms with Gasteiger partial charge in [-0.05, 0) is 42.5 Å². The van der Waals surface area contributed by atoms with E-state index in [0.717, 1.165) is 10.4 Å². The van der Waals surface area contributed by atoms with E-state index in [2.05, 4.69) is 10.4 Å². The molecule has 182 valence electrons. The van der Waals surface area contributed by atoms with Crippen molar-refractivity contribution < 1.29 is 13.9 Å². The average Bonchev–Trinajstić information content (AvgIpc) is 3.65. The second-order valence-corrected chi connectivity index (χ2v) is 9.68. The van der Waals surface area contributed by atoms with Gasteiger partial charge in [0.2, 0.25) is 0 Å². The molecule has 36 heavy (non-hydrogen) atoms. The number of carbonyl (C=O) groups is 1. The standard InChI is InChI=1S/C26H21ClN4O4S/c1-34-22-7-3-2-5-20(22)26(33)31-24(28-14-18-8-9-23(27)36-18)13-21(29-31)19-6-4-11-30(25(19)32)15-17-10-12-35-16-17/h2-13,16,28H,14-15H2,1H3. The molecule has 4 aromatic heterocycles. The highest BCUT2D eigenvalue weighted by Gasteiger charge is 2.21. The van der Waals surface area contributed by atoms with Crippen LogP contribution in [0.2, 0.25) is 4.34 Å². The van der Waals surface area contributed by atoms with E-state index in [1.807, 2.05) is 12.1 Å². The summed E-state index contributed by atoms with van der Waals surface area (Å²) in [6, 6.07) is 17.6. The number of aromatic nitrogens is 3. The molecule has 5 aromatic rings. The van der Waals surface area contributed by atoms with Crippen LogP contribution in [-0.2, 0) is 13.1 Å². The number of nitrogens with zero attached hydrogens (tertiary/aromatic N) is 3. The molecule has 5 rings (SSSR count). The summed E-state index contributed by atoms with van der Waals surface area (Å²) >= 11 is 7.51. The van der Waals surface area contributed by atoms with Crippen molar-refractivity contribution in [2.45, 2.75) is 13.1 Å². The lowest BCUT2D eigenvalue weighted by atomic mass is 10.2. The Labute approximate surface area is 215 Å². The number of furan rings is 1. The molecule has 0 bridgehead atoms. The summed E-state index contributed by atoms with van der Waals surface area (Å²) in [7, 11) is 1.51. The number of methoxy groups -OCH3 is 1. The fraction of sp³-hybridized carbons (Fsp3) is 0.115. The Morgan fingerprint density at radius 1 is 1.17 bits per heavy atom. The first-order valence-electron chi connectivity index (χ1n) is 11.0. The highest BCUT2D eigenvalue weighted by Crippen LogP contribution is 2.26. The number of hydrogen-bond donors (Lipinski definition) is 1. The van der Waals surface area contributed by atoms with Gasteiger partial charge in [0.25, 0.3) is 11.5 Å². The third-order valence-electron chi connectivity index (χ3n) is 5.54. The number of para-hydroxylation sites is 1. The Morgan fingerprint density at radius 3 is 2.78 bits per heavy atom. The van der Waals surface area contributed by atoms with Crippen LogP contribution in [0.15, 0.2) is 88.6 Å². The summed E-state index contributed by atoms with van der Waals surface area (Å²) in [5.41, 5.74) is 1.72. The highest BCUT2D eigenvalue weighted by atomic mass is 35.5. The topological polar surface area (TPSA) is 91.3 Å². The van der Waals surface area contributed by atoms with Gasteiger partial charge in [-0.3, -0.25) is 9.59 Å². The van der Waals surface area contributed by atoms with Crippen LogP contribution in [0.4, 0.5) is 5.82 Å². The van der Waals surface area contributed by atoms with Gasteiger partial charge in [-0.1, -0.05) is 23.7 Å². The largest absolute Gasteiger partial charge is 0.496 e. The number of pyridine rings is 1. The van der Waals surface area contributed by atoms with Crippen molar-refractivity contribution in [2.24, 2.45) is 0 Å². The van der Waals surface area contributed by atoms with Gasteiger partial charge in [-0.25, -0.2) is 0 Å². The summed E-state index contributed by atoms with van der Waals surface area (Å²) < 4.78 is 14.0. The van der Waals surface area contributed by atoms with E-state index < -0.39 is 0 Å². The van der Waals surface area contributed by atoms with Gasteiger partial charge in [0.15, 0.2) is 0 Å². The zero-order valence-electron chi connectivity index (χ0n) is 19.2. The number of ether oxygens (including phenoxy) is 1. The number of carbonyl (C=O) groups excluding carboxylic acids is 1. The summed E-state index contributed by atoms with van der Waals surface area (Å²) in [4.78, 5) is 27.8. The average molecular weight is 521 g/mol. The van der Waals surface area contributed by atoms with Crippen molar-refractivity contribution in [3.05, 3.63) is 110 Å². The maximum Gasteiger partial charge on any atom is 0.283 e. The van der Waals surface area contributed by atoms with E-state index in [1.54, 1.807) is 71.8 Å². The maximum absolute atomic E-state index is 13.5. The van der Waals surface area contributed by atoms with E-state index in [1.165, 1.54) is 23.1 Å². The molecule has 0 aliphatic rings. The molecule has 0 atom stereocenters. The first-order valence-corrected chi connectivity index (χ1v) is 12.2. The molecule has 0 fully saturated rings. The van der Waals surface area contributed by atoms with E-state index in [4.69, 9.17) is 20.8 Å². The van der Waals surface area contributed by atoms with E-state index >= 15 is 0 Å². The first kappa shape index (κ1) is 23.7. The van der Waals surface area contributed by atoms with Gasteiger partial charge in [0, 0.05) is 22.7 Å². The number of nitrogens with one attached hydrogen (secondary N) is 1. The van der Waals surface area contributed by atoms with Crippen molar-refractivity contribution >= 4 is 34.7 Å². The Kier molecular flexibility index (Phi) is 6.75.